The van der Waals surface area contributed by atoms with Gasteiger partial charge in [0.25, 0.3) is 0 Å². The predicted octanol–water partition coefficient (Wildman–Crippen LogP) is 2.39. The van der Waals surface area contributed by atoms with Gasteiger partial charge in [-0.3, -0.25) is 0 Å². The minimum absolute atomic E-state index is 0.258. The van der Waals surface area contributed by atoms with Crippen LogP contribution in [-0.2, 0) is 0 Å². The lowest BCUT2D eigenvalue weighted by atomic mass is 10.0. The third kappa shape index (κ3) is 3.27. The Bertz CT molecular complexity index is 317. The van der Waals surface area contributed by atoms with E-state index in [0.29, 0.717) is 11.8 Å². The van der Waals surface area contributed by atoms with E-state index in [2.05, 4.69) is 35.4 Å². The quantitative estimate of drug-likeness (QED) is 0.799. The average Bonchev–Trinajstić information content (AvgIpc) is 2.32. The van der Waals surface area contributed by atoms with E-state index in [4.69, 9.17) is 5.73 Å². The number of aromatic nitrogens is 2. The second-order valence-electron chi connectivity index (χ2n) is 3.75. The van der Waals surface area contributed by atoms with Crippen LogP contribution in [0.1, 0.15) is 26.7 Å². The Kier molecular flexibility index (Phi) is 4.86. The summed E-state index contributed by atoms with van der Waals surface area (Å²) in [6, 6.07) is 1.69. The Morgan fingerprint density at radius 1 is 1.44 bits per heavy atom. The van der Waals surface area contributed by atoms with Crippen LogP contribution in [0.3, 0.4) is 0 Å². The number of nitrogens with two attached hydrogens (primary N) is 1. The lowest BCUT2D eigenvalue weighted by molar-refractivity contribution is 0.573. The van der Waals surface area contributed by atoms with Gasteiger partial charge in [0.05, 0.1) is 0 Å². The summed E-state index contributed by atoms with van der Waals surface area (Å²) in [6.07, 6.45) is 6.07. The van der Waals surface area contributed by atoms with Gasteiger partial charge in [0.2, 0.25) is 5.95 Å². The second-order valence-corrected chi connectivity index (χ2v) is 5.03. The Morgan fingerprint density at radius 3 is 2.62 bits per heavy atom. The molecule has 0 fully saturated rings. The zero-order chi connectivity index (χ0) is 12.0. The molecule has 0 aliphatic heterocycles. The molecule has 0 unspecified atom stereocenters. The molecule has 0 bridgehead atoms. The molecule has 1 aromatic rings. The van der Waals surface area contributed by atoms with Gasteiger partial charge in [-0.15, -0.1) is 0 Å². The largest absolute Gasteiger partial charge is 0.384 e. The number of anilines is 2. The normalized spacial score (nSPS) is 11.4. The van der Waals surface area contributed by atoms with Crippen LogP contribution in [0.25, 0.3) is 0 Å². The number of nitrogen functional groups attached to an aromatic ring is 1. The van der Waals surface area contributed by atoms with Gasteiger partial charge in [0.15, 0.2) is 0 Å². The van der Waals surface area contributed by atoms with Crippen molar-refractivity contribution in [2.45, 2.75) is 31.4 Å². The first-order valence-corrected chi connectivity index (χ1v) is 6.76. The SMILES string of the molecule is CCC(CC)(CNc1nccc(N)n1)SC. The summed E-state index contributed by atoms with van der Waals surface area (Å²) in [7, 11) is 0. The van der Waals surface area contributed by atoms with Crippen LogP contribution in [0.15, 0.2) is 12.3 Å². The zero-order valence-electron chi connectivity index (χ0n) is 10.2. The van der Waals surface area contributed by atoms with Crippen molar-refractivity contribution in [3.8, 4) is 0 Å². The summed E-state index contributed by atoms with van der Waals surface area (Å²) in [5.74, 6) is 1.11. The predicted molar refractivity (Wildman–Crippen MR) is 71.8 cm³/mol. The minimum atomic E-state index is 0.258. The van der Waals surface area contributed by atoms with E-state index >= 15 is 0 Å². The van der Waals surface area contributed by atoms with Crippen LogP contribution in [0.4, 0.5) is 11.8 Å². The highest BCUT2D eigenvalue weighted by molar-refractivity contribution is 8.00. The Morgan fingerprint density at radius 2 is 2.12 bits per heavy atom. The molecule has 3 N–H and O–H groups in total. The first kappa shape index (κ1) is 13.1. The number of thioether (sulfide) groups is 1. The molecule has 1 rings (SSSR count). The molecular formula is C11H20N4S. The van der Waals surface area contributed by atoms with E-state index in [1.807, 2.05) is 11.8 Å². The first-order valence-electron chi connectivity index (χ1n) is 5.53. The van der Waals surface area contributed by atoms with Gasteiger partial charge < -0.3 is 11.1 Å². The third-order valence-corrected chi connectivity index (χ3v) is 4.56. The summed E-state index contributed by atoms with van der Waals surface area (Å²) < 4.78 is 0.258. The lowest BCUT2D eigenvalue weighted by Crippen LogP contribution is -2.32. The van der Waals surface area contributed by atoms with E-state index in [1.165, 1.54) is 0 Å². The van der Waals surface area contributed by atoms with Gasteiger partial charge in [0, 0.05) is 17.5 Å². The minimum Gasteiger partial charge on any atom is -0.384 e. The van der Waals surface area contributed by atoms with Crippen LogP contribution in [-0.4, -0.2) is 27.5 Å². The maximum atomic E-state index is 5.60. The molecule has 0 aliphatic carbocycles. The number of nitrogens with zero attached hydrogens (tertiary/aromatic N) is 2. The van der Waals surface area contributed by atoms with Crippen molar-refractivity contribution in [1.82, 2.24) is 9.97 Å². The van der Waals surface area contributed by atoms with Crippen molar-refractivity contribution in [3.05, 3.63) is 12.3 Å². The number of hydrogen-bond acceptors (Lipinski definition) is 5. The van der Waals surface area contributed by atoms with Crippen LogP contribution in [0.2, 0.25) is 0 Å². The summed E-state index contributed by atoms with van der Waals surface area (Å²) in [6.45, 7) is 5.29. The monoisotopic (exact) mass is 240 g/mol. The molecule has 0 spiro atoms. The fraction of sp³-hybridized carbons (Fsp3) is 0.636. The Balaban J connectivity index is 2.62. The highest BCUT2D eigenvalue weighted by Crippen LogP contribution is 2.30. The molecular weight excluding hydrogens is 220 g/mol. The molecule has 1 heterocycles. The van der Waals surface area contributed by atoms with Crippen molar-refractivity contribution in [3.63, 3.8) is 0 Å². The van der Waals surface area contributed by atoms with Crippen molar-refractivity contribution >= 4 is 23.5 Å². The van der Waals surface area contributed by atoms with Crippen LogP contribution >= 0.6 is 11.8 Å². The summed E-state index contributed by atoms with van der Waals surface area (Å²) in [5, 5.41) is 3.26. The van der Waals surface area contributed by atoms with Crippen molar-refractivity contribution in [2.24, 2.45) is 0 Å². The summed E-state index contributed by atoms with van der Waals surface area (Å²) in [5.41, 5.74) is 5.60. The van der Waals surface area contributed by atoms with Crippen molar-refractivity contribution in [1.29, 1.82) is 0 Å². The van der Waals surface area contributed by atoms with E-state index in [9.17, 15) is 0 Å². The summed E-state index contributed by atoms with van der Waals surface area (Å²) >= 11 is 1.89. The van der Waals surface area contributed by atoms with Gasteiger partial charge in [-0.2, -0.15) is 16.7 Å². The topological polar surface area (TPSA) is 63.8 Å². The van der Waals surface area contributed by atoms with E-state index < -0.39 is 0 Å². The highest BCUT2D eigenvalue weighted by atomic mass is 32.2. The molecule has 0 amide bonds. The Labute approximate surface area is 101 Å². The Hall–Kier alpha value is -0.970. The molecule has 16 heavy (non-hydrogen) atoms. The number of hydrogen-bond donors (Lipinski definition) is 2. The lowest BCUT2D eigenvalue weighted by Gasteiger charge is -2.29. The molecule has 4 nitrogen and oxygen atoms in total. The standard InChI is InChI=1S/C11H20N4S/c1-4-11(5-2,16-3)8-14-10-13-7-6-9(12)15-10/h6-7H,4-5,8H2,1-3H3,(H3,12,13,14,15). The second kappa shape index (κ2) is 5.94. The van der Waals surface area contributed by atoms with Gasteiger partial charge in [0.1, 0.15) is 5.82 Å². The molecule has 0 aromatic carbocycles. The van der Waals surface area contributed by atoms with Crippen molar-refractivity contribution in [2.75, 3.05) is 23.9 Å². The smallest absolute Gasteiger partial charge is 0.224 e. The number of rotatable bonds is 6. The average molecular weight is 240 g/mol. The number of nitrogens with one attached hydrogen (secondary N) is 1. The zero-order valence-corrected chi connectivity index (χ0v) is 11.0. The molecule has 0 saturated heterocycles. The maximum absolute atomic E-state index is 5.60. The molecule has 0 aliphatic rings. The van der Waals surface area contributed by atoms with E-state index in [0.717, 1.165) is 19.4 Å². The van der Waals surface area contributed by atoms with Gasteiger partial charge >= 0.3 is 0 Å². The van der Waals surface area contributed by atoms with E-state index in [1.54, 1.807) is 12.3 Å². The van der Waals surface area contributed by atoms with Gasteiger partial charge in [-0.25, -0.2) is 4.98 Å². The molecule has 0 atom stereocenters. The molecule has 1 aromatic heterocycles. The molecule has 0 saturated carbocycles. The first-order chi connectivity index (χ1) is 7.65. The fourth-order valence-electron chi connectivity index (χ4n) is 1.56. The maximum Gasteiger partial charge on any atom is 0.224 e. The fourth-order valence-corrected chi connectivity index (χ4v) is 2.35. The molecule has 5 heteroatoms. The van der Waals surface area contributed by atoms with Crippen LogP contribution in [0.5, 0.6) is 0 Å². The van der Waals surface area contributed by atoms with Gasteiger partial charge in [-0.05, 0) is 25.2 Å². The van der Waals surface area contributed by atoms with Gasteiger partial charge in [-0.1, -0.05) is 13.8 Å². The summed E-state index contributed by atoms with van der Waals surface area (Å²) in [4.78, 5) is 8.26. The van der Waals surface area contributed by atoms with E-state index in [-0.39, 0.29) is 4.75 Å². The van der Waals surface area contributed by atoms with Crippen LogP contribution in [0, 0.1) is 0 Å². The highest BCUT2D eigenvalue weighted by Gasteiger charge is 2.24. The third-order valence-electron chi connectivity index (χ3n) is 2.97. The van der Waals surface area contributed by atoms with Crippen molar-refractivity contribution < 1.29 is 0 Å². The molecule has 90 valence electrons. The molecule has 0 radical (unpaired) electrons. The van der Waals surface area contributed by atoms with Crippen LogP contribution < -0.4 is 11.1 Å².